The van der Waals surface area contributed by atoms with Gasteiger partial charge in [-0.05, 0) is 17.9 Å². The molecule has 2 aliphatic rings. The average Bonchev–Trinajstić information content (AvgIpc) is 3.35. The summed E-state index contributed by atoms with van der Waals surface area (Å²) in [5.74, 6) is -2.08. The number of thioether (sulfide) groups is 2. The van der Waals surface area contributed by atoms with Crippen molar-refractivity contribution in [1.82, 2.24) is 30.0 Å². The molecule has 0 bridgehead atoms. The number of aromatic amines is 1. The van der Waals surface area contributed by atoms with Gasteiger partial charge in [-0.3, -0.25) is 28.6 Å². The maximum atomic E-state index is 13.1. The lowest BCUT2D eigenvalue weighted by Gasteiger charge is -2.49. The van der Waals surface area contributed by atoms with Gasteiger partial charge < -0.3 is 21.0 Å². The summed E-state index contributed by atoms with van der Waals surface area (Å²) in [7, 11) is 1.25. The maximum absolute atomic E-state index is 13.1. The van der Waals surface area contributed by atoms with Gasteiger partial charge in [-0.25, -0.2) is 14.9 Å². The number of nitrogens with zero attached hydrogens (tertiary/aromatic N) is 5. The van der Waals surface area contributed by atoms with Gasteiger partial charge in [0.15, 0.2) is 16.7 Å². The van der Waals surface area contributed by atoms with Crippen LogP contribution >= 0.6 is 47.5 Å². The van der Waals surface area contributed by atoms with Gasteiger partial charge in [0, 0.05) is 28.3 Å². The first kappa shape index (κ1) is 29.4. The van der Waals surface area contributed by atoms with Gasteiger partial charge >= 0.3 is 17.1 Å². The molecule has 0 spiro atoms. The van der Waals surface area contributed by atoms with E-state index in [2.05, 4.69) is 38.3 Å². The van der Waals surface area contributed by atoms with E-state index in [1.807, 2.05) is 6.26 Å². The second-order valence-electron chi connectivity index (χ2n) is 8.09. The Morgan fingerprint density at radius 2 is 2.17 bits per heavy atom. The summed E-state index contributed by atoms with van der Waals surface area (Å²) >= 11 is 8.19. The predicted octanol–water partition coefficient (Wildman–Crippen LogP) is -0.607. The number of aromatic nitrogens is 4. The van der Waals surface area contributed by atoms with Crippen LogP contribution in [0.15, 0.2) is 37.5 Å². The number of allylic oxidation sites excluding steroid dienone is 1. The van der Waals surface area contributed by atoms with Gasteiger partial charge in [-0.1, -0.05) is 5.16 Å². The third-order valence-electron chi connectivity index (χ3n) is 5.67. The molecule has 2 aliphatic heterocycles. The van der Waals surface area contributed by atoms with Crippen molar-refractivity contribution in [1.29, 1.82) is 0 Å². The fourth-order valence-corrected chi connectivity index (χ4v) is 6.45. The first-order valence-electron chi connectivity index (χ1n) is 11.2. The quantitative estimate of drug-likeness (QED) is 0.0734. The Hall–Kier alpha value is -3.55. The molecule has 0 saturated carbocycles. The molecule has 212 valence electrons. The Morgan fingerprint density at radius 3 is 2.80 bits per heavy atom. The number of hydrogen-bond acceptors (Lipinski definition) is 14. The molecular formula is C21H22N8O7S4. The van der Waals surface area contributed by atoms with Crippen molar-refractivity contribution in [2.75, 3.05) is 30.6 Å². The number of β-lactam (4-membered cyclic amide) rings is 1. The molecule has 2 aromatic heterocycles. The molecule has 0 radical (unpaired) electrons. The Bertz CT molecular complexity index is 1580. The molecular weight excluding hydrogens is 605 g/mol. The summed E-state index contributed by atoms with van der Waals surface area (Å²) in [4.78, 5) is 72.4. The number of thiazole rings is 1. The third kappa shape index (κ3) is 5.67. The number of carboxylic acid groups (broad SMARTS) is 1. The third-order valence-corrected chi connectivity index (χ3v) is 8.56. The maximum Gasteiger partial charge on any atom is 0.352 e. The Morgan fingerprint density at radius 1 is 1.43 bits per heavy atom. The number of carbonyl (C=O) groups is 3. The van der Waals surface area contributed by atoms with Gasteiger partial charge in [-0.2, -0.15) is 16.9 Å². The average molecular weight is 627 g/mol. The number of fused-ring (bicyclic) bond motifs is 1. The molecule has 4 heterocycles. The number of anilines is 1. The molecule has 2 aromatic rings. The fraction of sp³-hybridized carbons (Fsp3) is 0.333. The number of nitrogens with one attached hydrogen (secondary N) is 2. The predicted molar refractivity (Wildman–Crippen MR) is 154 cm³/mol. The zero-order valence-corrected chi connectivity index (χ0v) is 24.2. The highest BCUT2D eigenvalue weighted by Crippen LogP contribution is 2.41. The van der Waals surface area contributed by atoms with Crippen LogP contribution in [0.4, 0.5) is 5.13 Å². The molecule has 5 N–H and O–H groups in total. The molecule has 15 nitrogen and oxygen atoms in total. The first-order chi connectivity index (χ1) is 19.1. The molecule has 1 fully saturated rings. The lowest BCUT2D eigenvalue weighted by Crippen LogP contribution is -2.71. The van der Waals surface area contributed by atoms with Crippen LogP contribution < -0.4 is 22.2 Å². The minimum Gasteiger partial charge on any atom is -0.477 e. The first-order valence-corrected chi connectivity index (χ1v) is 15.0. The number of amides is 2. The number of aliphatic carboxylic acids is 1. The Labute approximate surface area is 243 Å². The minimum absolute atomic E-state index is 0.0408. The molecule has 1 saturated heterocycles. The van der Waals surface area contributed by atoms with E-state index in [-0.39, 0.29) is 50.8 Å². The van der Waals surface area contributed by atoms with E-state index in [1.165, 1.54) is 42.1 Å². The molecule has 0 aliphatic carbocycles. The lowest BCUT2D eigenvalue weighted by atomic mass is 10.0. The Balaban J connectivity index is 1.61. The van der Waals surface area contributed by atoms with Crippen molar-refractivity contribution in [2.45, 2.75) is 18.0 Å². The second kappa shape index (κ2) is 12.3. The van der Waals surface area contributed by atoms with Crippen molar-refractivity contribution in [3.63, 3.8) is 0 Å². The van der Waals surface area contributed by atoms with Gasteiger partial charge in [0.05, 0.1) is 0 Å². The highest BCUT2D eigenvalue weighted by atomic mass is 32.2. The summed E-state index contributed by atoms with van der Waals surface area (Å²) in [6.07, 6.45) is 3.23. The minimum atomic E-state index is -1.37. The van der Waals surface area contributed by atoms with Crippen molar-refractivity contribution in [2.24, 2.45) is 5.16 Å². The van der Waals surface area contributed by atoms with E-state index in [0.29, 0.717) is 5.75 Å². The number of H-pyrrole nitrogens is 1. The Kier molecular flexibility index (Phi) is 9.06. The molecule has 2 unspecified atom stereocenters. The molecule has 0 aromatic carbocycles. The van der Waals surface area contributed by atoms with Gasteiger partial charge in [0.1, 0.15) is 29.9 Å². The van der Waals surface area contributed by atoms with Crippen LogP contribution in [0.5, 0.6) is 0 Å². The molecule has 2 amide bonds. The van der Waals surface area contributed by atoms with Gasteiger partial charge in [0.25, 0.3) is 11.8 Å². The van der Waals surface area contributed by atoms with Crippen LogP contribution in [0.1, 0.15) is 11.5 Å². The standard InChI is InChI=1S/C21H22N8O7S4/c1-36-27-11(9-7-40-21(22)23-9)15(30)24-12-17(32)29-13(20(34)35)8(6-39-19(12)29)5-10(37)14-25-26-16(31)18(33)28(14)3-4-38-2/h5,7,12,19,37H,3-4,6H2,1-2H3,(H2,22,23)(H,24,30)(H,26,31)(H,34,35). The van der Waals surface area contributed by atoms with E-state index in [4.69, 9.17) is 10.6 Å². The molecule has 2 atom stereocenters. The topological polar surface area (TPSA) is 215 Å². The number of nitrogen functional groups attached to an aromatic ring is 1. The van der Waals surface area contributed by atoms with Crippen LogP contribution in [0.3, 0.4) is 0 Å². The van der Waals surface area contributed by atoms with Gasteiger partial charge in [0.2, 0.25) is 0 Å². The number of thiol groups is 1. The summed E-state index contributed by atoms with van der Waals surface area (Å²) in [5, 5.41) is 23.3. The number of carboxylic acids is 1. The lowest BCUT2D eigenvalue weighted by molar-refractivity contribution is -0.150. The van der Waals surface area contributed by atoms with E-state index in [0.717, 1.165) is 20.8 Å². The summed E-state index contributed by atoms with van der Waals surface area (Å²) < 4.78 is 1.16. The normalized spacial score (nSPS) is 19.3. The molecule has 4 rings (SSSR count). The highest BCUT2D eigenvalue weighted by Gasteiger charge is 2.54. The SMILES string of the molecule is CON=C(C(=O)NC1C(=O)N2C(C(=O)O)=C(C=C(S)c3n[nH]c(=O)c(=O)n3CCSC)CSC12)c1csc(N)n1. The zero-order valence-electron chi connectivity index (χ0n) is 20.8. The second-order valence-corrected chi connectivity index (χ2v) is 11.6. The van der Waals surface area contributed by atoms with Crippen LogP contribution in [0.25, 0.3) is 4.91 Å². The van der Waals surface area contributed by atoms with E-state index in [1.54, 1.807) is 0 Å². The number of hydrogen-bond donors (Lipinski definition) is 5. The summed E-state index contributed by atoms with van der Waals surface area (Å²) in [5.41, 5.74) is 3.82. The largest absolute Gasteiger partial charge is 0.477 e. The molecule has 40 heavy (non-hydrogen) atoms. The molecule has 19 heteroatoms. The number of carbonyl (C=O) groups excluding carboxylic acids is 2. The number of nitrogens with two attached hydrogens (primary N) is 1. The van der Waals surface area contributed by atoms with Crippen molar-refractivity contribution < 1.29 is 24.3 Å². The van der Waals surface area contributed by atoms with Crippen LogP contribution in [0, 0.1) is 0 Å². The number of rotatable bonds is 10. The van der Waals surface area contributed by atoms with E-state index < -0.39 is 40.3 Å². The van der Waals surface area contributed by atoms with Crippen molar-refractivity contribution in [3.8, 4) is 0 Å². The number of oxime groups is 1. The summed E-state index contributed by atoms with van der Waals surface area (Å²) in [6.45, 7) is 0.180. The van der Waals surface area contributed by atoms with E-state index >= 15 is 0 Å². The van der Waals surface area contributed by atoms with Crippen molar-refractivity contribution >= 4 is 81.0 Å². The van der Waals surface area contributed by atoms with Crippen LogP contribution in [0.2, 0.25) is 0 Å². The van der Waals surface area contributed by atoms with E-state index in [9.17, 15) is 29.1 Å². The zero-order chi connectivity index (χ0) is 29.1. The highest BCUT2D eigenvalue weighted by molar-refractivity contribution is 8.00. The van der Waals surface area contributed by atoms with Crippen LogP contribution in [-0.2, 0) is 25.8 Å². The smallest absolute Gasteiger partial charge is 0.352 e. The van der Waals surface area contributed by atoms with Gasteiger partial charge in [-0.15, -0.1) is 35.7 Å². The van der Waals surface area contributed by atoms with Crippen LogP contribution in [-0.4, -0.2) is 89.5 Å². The fourth-order valence-electron chi connectivity index (χ4n) is 3.90. The monoisotopic (exact) mass is 626 g/mol. The van der Waals surface area contributed by atoms with Crippen molar-refractivity contribution in [3.05, 3.63) is 55.0 Å². The summed E-state index contributed by atoms with van der Waals surface area (Å²) in [6, 6.07) is -1.04.